The molecule has 20 heavy (non-hydrogen) atoms. The number of fused-ring (bicyclic) bond motifs is 1. The van der Waals surface area contributed by atoms with Gasteiger partial charge in [0.25, 0.3) is 0 Å². The van der Waals surface area contributed by atoms with E-state index < -0.39 is 0 Å². The van der Waals surface area contributed by atoms with Crippen LogP contribution in [0.4, 0.5) is 0 Å². The quantitative estimate of drug-likeness (QED) is 0.899. The molecule has 0 saturated heterocycles. The van der Waals surface area contributed by atoms with E-state index in [1.807, 2.05) is 19.1 Å². The van der Waals surface area contributed by atoms with Gasteiger partial charge in [0, 0.05) is 17.7 Å². The molecular weight excluding hydrogens is 252 g/mol. The molecule has 0 aliphatic heterocycles. The van der Waals surface area contributed by atoms with Crippen LogP contribution in [0.15, 0.2) is 22.7 Å². The van der Waals surface area contributed by atoms with Gasteiger partial charge in [-0.15, -0.1) is 0 Å². The number of aromatic nitrogens is 1. The minimum absolute atomic E-state index is 0.172. The number of hydrogen-bond acceptors (Lipinski definition) is 4. The summed E-state index contributed by atoms with van der Waals surface area (Å²) >= 11 is 0. The van der Waals surface area contributed by atoms with Crippen LogP contribution in [0.2, 0.25) is 0 Å². The van der Waals surface area contributed by atoms with Crippen molar-refractivity contribution in [2.75, 3.05) is 0 Å². The summed E-state index contributed by atoms with van der Waals surface area (Å²) in [5.41, 5.74) is 4.48. The lowest BCUT2D eigenvalue weighted by Gasteiger charge is -2.14. The first kappa shape index (κ1) is 13.2. The van der Waals surface area contributed by atoms with Crippen LogP contribution < -0.4 is 5.32 Å². The van der Waals surface area contributed by atoms with Gasteiger partial charge in [0.2, 0.25) is 0 Å². The van der Waals surface area contributed by atoms with Crippen molar-refractivity contribution in [2.45, 2.75) is 45.7 Å². The molecule has 0 bridgehead atoms. The zero-order chi connectivity index (χ0) is 14.3. The van der Waals surface area contributed by atoms with Crippen molar-refractivity contribution in [3.8, 4) is 5.75 Å². The van der Waals surface area contributed by atoms with Crippen LogP contribution in [0.5, 0.6) is 5.75 Å². The first-order valence-corrected chi connectivity index (χ1v) is 7.04. The summed E-state index contributed by atoms with van der Waals surface area (Å²) in [6.45, 7) is 6.86. The summed E-state index contributed by atoms with van der Waals surface area (Å²) in [5.74, 6) is 1.68. The fraction of sp³-hybridized carbons (Fsp3) is 0.438. The molecule has 0 spiro atoms. The Hall–Kier alpha value is -1.81. The molecule has 1 aromatic carbocycles. The average Bonchev–Trinajstić information content (AvgIpc) is 2.96. The van der Waals surface area contributed by atoms with Crippen molar-refractivity contribution < 1.29 is 9.63 Å². The summed E-state index contributed by atoms with van der Waals surface area (Å²) in [5, 5.41) is 17.5. The first-order valence-electron chi connectivity index (χ1n) is 7.04. The van der Waals surface area contributed by atoms with Crippen molar-refractivity contribution in [1.29, 1.82) is 0 Å². The minimum Gasteiger partial charge on any atom is -0.508 e. The van der Waals surface area contributed by atoms with E-state index in [2.05, 4.69) is 24.3 Å². The Bertz CT molecular complexity index is 633. The molecule has 1 aromatic heterocycles. The Balaban J connectivity index is 1.82. The fourth-order valence-electron chi connectivity index (χ4n) is 3.25. The Morgan fingerprint density at radius 2 is 2.15 bits per heavy atom. The number of phenolic OH excluding ortho intramolecular Hbond substituents is 1. The highest BCUT2D eigenvalue weighted by Gasteiger charge is 2.31. The number of aromatic hydroxyl groups is 1. The lowest BCUT2D eigenvalue weighted by molar-refractivity contribution is 0.356. The molecule has 2 aromatic rings. The van der Waals surface area contributed by atoms with Crippen molar-refractivity contribution in [3.05, 3.63) is 46.3 Å². The maximum Gasteiger partial charge on any atom is 0.150 e. The zero-order valence-corrected chi connectivity index (χ0v) is 12.1. The van der Waals surface area contributed by atoms with Gasteiger partial charge in [-0.05, 0) is 43.4 Å². The molecule has 4 nitrogen and oxygen atoms in total. The fourth-order valence-corrected chi connectivity index (χ4v) is 3.25. The number of nitrogens with zero attached hydrogens (tertiary/aromatic N) is 1. The van der Waals surface area contributed by atoms with E-state index >= 15 is 0 Å². The Labute approximate surface area is 118 Å². The molecule has 1 aliphatic rings. The van der Waals surface area contributed by atoms with Gasteiger partial charge < -0.3 is 14.9 Å². The van der Waals surface area contributed by atoms with Gasteiger partial charge in [0.05, 0.1) is 12.2 Å². The van der Waals surface area contributed by atoms with Gasteiger partial charge in [-0.3, -0.25) is 0 Å². The molecule has 2 atom stereocenters. The van der Waals surface area contributed by atoms with E-state index in [4.69, 9.17) is 4.52 Å². The average molecular weight is 272 g/mol. The molecule has 0 amide bonds. The zero-order valence-electron chi connectivity index (χ0n) is 12.1. The third-order valence-electron chi connectivity index (χ3n) is 4.11. The lowest BCUT2D eigenvalue weighted by Crippen LogP contribution is -2.18. The van der Waals surface area contributed by atoms with E-state index in [9.17, 15) is 5.11 Å². The van der Waals surface area contributed by atoms with Gasteiger partial charge in [-0.2, -0.15) is 0 Å². The molecule has 106 valence electrons. The summed E-state index contributed by atoms with van der Waals surface area (Å²) < 4.78 is 5.22. The maximum atomic E-state index is 10.2. The van der Waals surface area contributed by atoms with E-state index in [0.29, 0.717) is 18.2 Å². The monoisotopic (exact) mass is 272 g/mol. The third kappa shape index (κ3) is 2.20. The SMILES string of the molecule is Cc1cc(CNC2CC(C)c3c(C)ccc(O)c32)on1. The van der Waals surface area contributed by atoms with Gasteiger partial charge in [0.1, 0.15) is 5.75 Å². The van der Waals surface area contributed by atoms with E-state index in [1.165, 1.54) is 11.1 Å². The highest BCUT2D eigenvalue weighted by atomic mass is 16.5. The smallest absolute Gasteiger partial charge is 0.150 e. The van der Waals surface area contributed by atoms with Crippen LogP contribution in [0.3, 0.4) is 0 Å². The molecular formula is C16H20N2O2. The topological polar surface area (TPSA) is 58.3 Å². The van der Waals surface area contributed by atoms with Crippen molar-refractivity contribution in [1.82, 2.24) is 10.5 Å². The number of rotatable bonds is 3. The van der Waals surface area contributed by atoms with Crippen LogP contribution in [0.25, 0.3) is 0 Å². The van der Waals surface area contributed by atoms with Gasteiger partial charge in [-0.1, -0.05) is 18.1 Å². The van der Waals surface area contributed by atoms with Crippen LogP contribution in [-0.2, 0) is 6.54 Å². The van der Waals surface area contributed by atoms with Gasteiger partial charge >= 0.3 is 0 Å². The molecule has 4 heteroatoms. The second-order valence-electron chi connectivity index (χ2n) is 5.73. The summed E-state index contributed by atoms with van der Waals surface area (Å²) in [4.78, 5) is 0. The molecule has 0 radical (unpaired) electrons. The first-order chi connectivity index (χ1) is 9.56. The van der Waals surface area contributed by atoms with Crippen LogP contribution in [-0.4, -0.2) is 10.3 Å². The molecule has 1 heterocycles. The second kappa shape index (κ2) is 4.94. The van der Waals surface area contributed by atoms with Crippen molar-refractivity contribution in [2.24, 2.45) is 0 Å². The summed E-state index contributed by atoms with van der Waals surface area (Å²) in [6.07, 6.45) is 1.00. The predicted molar refractivity (Wildman–Crippen MR) is 76.7 cm³/mol. The highest BCUT2D eigenvalue weighted by molar-refractivity contribution is 5.50. The minimum atomic E-state index is 0.172. The lowest BCUT2D eigenvalue weighted by atomic mass is 9.97. The van der Waals surface area contributed by atoms with Crippen LogP contribution in [0.1, 0.15) is 53.4 Å². The molecule has 2 unspecified atom stereocenters. The normalized spacial score (nSPS) is 21.1. The van der Waals surface area contributed by atoms with Crippen molar-refractivity contribution >= 4 is 0 Å². The van der Waals surface area contributed by atoms with Crippen molar-refractivity contribution in [3.63, 3.8) is 0 Å². The molecule has 0 saturated carbocycles. The Morgan fingerprint density at radius 3 is 2.85 bits per heavy atom. The molecule has 3 rings (SSSR count). The number of hydrogen-bond donors (Lipinski definition) is 2. The third-order valence-corrected chi connectivity index (χ3v) is 4.11. The van der Waals surface area contributed by atoms with Gasteiger partial charge in [-0.25, -0.2) is 0 Å². The number of benzene rings is 1. The summed E-state index contributed by atoms with van der Waals surface area (Å²) in [6, 6.07) is 5.89. The van der Waals surface area contributed by atoms with Crippen LogP contribution >= 0.6 is 0 Å². The number of phenols is 1. The van der Waals surface area contributed by atoms with Crippen LogP contribution in [0, 0.1) is 13.8 Å². The second-order valence-corrected chi connectivity index (χ2v) is 5.73. The van der Waals surface area contributed by atoms with E-state index in [0.717, 1.165) is 23.4 Å². The highest BCUT2D eigenvalue weighted by Crippen LogP contribution is 2.45. The number of aryl methyl sites for hydroxylation is 2. The number of nitrogens with one attached hydrogen (secondary N) is 1. The van der Waals surface area contributed by atoms with E-state index in [-0.39, 0.29) is 6.04 Å². The molecule has 2 N–H and O–H groups in total. The van der Waals surface area contributed by atoms with E-state index in [1.54, 1.807) is 6.07 Å². The molecule has 0 fully saturated rings. The molecule has 1 aliphatic carbocycles. The van der Waals surface area contributed by atoms with Gasteiger partial charge in [0.15, 0.2) is 5.76 Å². The Kier molecular flexibility index (Phi) is 3.26. The largest absolute Gasteiger partial charge is 0.508 e. The maximum absolute atomic E-state index is 10.2. The predicted octanol–water partition coefficient (Wildman–Crippen LogP) is 3.34. The summed E-state index contributed by atoms with van der Waals surface area (Å²) in [7, 11) is 0. The standard InChI is InChI=1S/C16H20N2O2/c1-9-4-5-14(19)16-13(6-10(2)15(9)16)17-8-12-7-11(3)18-20-12/h4-5,7,10,13,17,19H,6,8H2,1-3H3. The Morgan fingerprint density at radius 1 is 1.35 bits per heavy atom.